The number of nitrogens with zero attached hydrogens (tertiary/aromatic N) is 2. The van der Waals surface area contributed by atoms with Crippen molar-refractivity contribution in [1.82, 2.24) is 9.96 Å². The van der Waals surface area contributed by atoms with Gasteiger partial charge in [0.2, 0.25) is 5.91 Å². The molecule has 0 unspecified atom stereocenters. The van der Waals surface area contributed by atoms with Gasteiger partial charge in [0, 0.05) is 7.05 Å². The second-order valence-corrected chi connectivity index (χ2v) is 2.58. The van der Waals surface area contributed by atoms with Crippen molar-refractivity contribution in [2.45, 2.75) is 13.0 Å². The zero-order chi connectivity index (χ0) is 8.59. The molecular formula is C6H10N2O3. The molecule has 0 radical (unpaired) electrons. The van der Waals surface area contributed by atoms with Crippen molar-refractivity contribution < 1.29 is 14.8 Å². The summed E-state index contributed by atoms with van der Waals surface area (Å²) in [5.74, 6) is -0.688. The quantitative estimate of drug-likeness (QED) is 0.463. The minimum absolute atomic E-state index is 0.236. The van der Waals surface area contributed by atoms with Crippen LogP contribution in [0.2, 0.25) is 0 Å². The fraction of sp³-hybridized carbons (Fsp3) is 0.667. The van der Waals surface area contributed by atoms with Crippen molar-refractivity contribution in [3.05, 3.63) is 0 Å². The van der Waals surface area contributed by atoms with E-state index in [4.69, 9.17) is 5.21 Å². The summed E-state index contributed by atoms with van der Waals surface area (Å²) < 4.78 is 0. The van der Waals surface area contributed by atoms with E-state index < -0.39 is 11.9 Å². The lowest BCUT2D eigenvalue weighted by atomic mass is 10.2. The Balaban J connectivity index is 2.78. The highest BCUT2D eigenvalue weighted by Crippen LogP contribution is 2.07. The van der Waals surface area contributed by atoms with Gasteiger partial charge in [0.25, 0.3) is 5.91 Å². The Kier molecular flexibility index (Phi) is 1.82. The average molecular weight is 158 g/mol. The van der Waals surface area contributed by atoms with E-state index >= 15 is 0 Å². The summed E-state index contributed by atoms with van der Waals surface area (Å²) in [5, 5.41) is 9.32. The van der Waals surface area contributed by atoms with Crippen molar-refractivity contribution in [2.75, 3.05) is 13.6 Å². The number of rotatable bonds is 0. The molecule has 1 atom stereocenters. The summed E-state index contributed by atoms with van der Waals surface area (Å²) in [7, 11) is 1.54. The summed E-state index contributed by atoms with van der Waals surface area (Å²) in [6.07, 6.45) is 0. The van der Waals surface area contributed by atoms with Gasteiger partial charge in [-0.05, 0) is 6.92 Å². The largest absolute Gasteiger partial charge is 0.332 e. The third kappa shape index (κ3) is 1.19. The molecule has 1 aliphatic heterocycles. The van der Waals surface area contributed by atoms with E-state index in [1.165, 1.54) is 11.9 Å². The summed E-state index contributed by atoms with van der Waals surface area (Å²) >= 11 is 0. The molecular weight excluding hydrogens is 148 g/mol. The van der Waals surface area contributed by atoms with E-state index in [-0.39, 0.29) is 12.5 Å². The molecule has 1 rings (SSSR count). The molecule has 62 valence electrons. The SMILES string of the molecule is C[C@H]1C(=O)N(O)CC(=O)N1C. The molecule has 1 N–H and O–H groups in total. The highest BCUT2D eigenvalue weighted by atomic mass is 16.5. The first-order chi connectivity index (χ1) is 5.04. The number of hydrogen-bond acceptors (Lipinski definition) is 3. The van der Waals surface area contributed by atoms with Gasteiger partial charge in [0.1, 0.15) is 12.6 Å². The second-order valence-electron chi connectivity index (χ2n) is 2.58. The predicted octanol–water partition coefficient (Wildman–Crippen LogP) is -0.935. The van der Waals surface area contributed by atoms with Crippen LogP contribution < -0.4 is 0 Å². The number of amides is 2. The molecule has 0 saturated carbocycles. The van der Waals surface area contributed by atoms with Crippen LogP contribution in [0.25, 0.3) is 0 Å². The van der Waals surface area contributed by atoms with Crippen LogP contribution in [-0.4, -0.2) is 46.6 Å². The van der Waals surface area contributed by atoms with Crippen LogP contribution >= 0.6 is 0 Å². The molecule has 0 aromatic carbocycles. The summed E-state index contributed by atoms with van der Waals surface area (Å²) in [6.45, 7) is 1.34. The normalized spacial score (nSPS) is 26.3. The van der Waals surface area contributed by atoms with E-state index in [1.807, 2.05) is 0 Å². The summed E-state index contributed by atoms with van der Waals surface area (Å²) in [4.78, 5) is 23.2. The Labute approximate surface area is 64.1 Å². The zero-order valence-corrected chi connectivity index (χ0v) is 6.44. The molecule has 1 fully saturated rings. The molecule has 0 aromatic rings. The first-order valence-electron chi connectivity index (χ1n) is 3.30. The maximum absolute atomic E-state index is 11.0. The Morgan fingerprint density at radius 1 is 1.55 bits per heavy atom. The van der Waals surface area contributed by atoms with E-state index in [9.17, 15) is 9.59 Å². The monoisotopic (exact) mass is 158 g/mol. The van der Waals surface area contributed by atoms with Crippen LogP contribution in [0.5, 0.6) is 0 Å². The third-order valence-electron chi connectivity index (χ3n) is 1.87. The van der Waals surface area contributed by atoms with E-state index in [2.05, 4.69) is 0 Å². The van der Waals surface area contributed by atoms with Gasteiger partial charge in [-0.1, -0.05) is 0 Å². The molecule has 5 heteroatoms. The van der Waals surface area contributed by atoms with Gasteiger partial charge in [-0.3, -0.25) is 14.8 Å². The summed E-state index contributed by atoms with van der Waals surface area (Å²) in [6, 6.07) is -0.554. The number of carbonyl (C=O) groups excluding carboxylic acids is 2. The Hall–Kier alpha value is -1.10. The molecule has 0 spiro atoms. The standard InChI is InChI=1S/C6H10N2O3/c1-4-6(10)8(11)3-5(9)7(4)2/h4,11H,3H2,1-2H3/t4-/m0/s1. The average Bonchev–Trinajstić information content (AvgIpc) is 1.97. The predicted molar refractivity (Wildman–Crippen MR) is 35.7 cm³/mol. The minimum atomic E-state index is -0.554. The number of hydroxylamine groups is 2. The number of piperazine rings is 1. The summed E-state index contributed by atoms with van der Waals surface area (Å²) in [5.41, 5.74) is 0. The van der Waals surface area contributed by atoms with Crippen LogP contribution in [0.1, 0.15) is 6.92 Å². The van der Waals surface area contributed by atoms with Gasteiger partial charge in [0.05, 0.1) is 0 Å². The lowest BCUT2D eigenvalue weighted by Crippen LogP contribution is -2.56. The third-order valence-corrected chi connectivity index (χ3v) is 1.87. The molecule has 11 heavy (non-hydrogen) atoms. The van der Waals surface area contributed by atoms with E-state index in [0.717, 1.165) is 0 Å². The molecule has 1 saturated heterocycles. The fourth-order valence-corrected chi connectivity index (χ4v) is 0.915. The molecule has 0 aromatic heterocycles. The first kappa shape index (κ1) is 8.00. The topological polar surface area (TPSA) is 60.9 Å². The number of carbonyl (C=O) groups is 2. The van der Waals surface area contributed by atoms with Gasteiger partial charge >= 0.3 is 0 Å². The van der Waals surface area contributed by atoms with Crippen molar-refractivity contribution in [1.29, 1.82) is 0 Å². The van der Waals surface area contributed by atoms with Crippen LogP contribution in [0, 0.1) is 0 Å². The number of hydrogen-bond donors (Lipinski definition) is 1. The highest BCUT2D eigenvalue weighted by molar-refractivity contribution is 5.93. The molecule has 5 nitrogen and oxygen atoms in total. The van der Waals surface area contributed by atoms with Gasteiger partial charge in [-0.15, -0.1) is 0 Å². The van der Waals surface area contributed by atoms with Crippen LogP contribution in [0.4, 0.5) is 0 Å². The van der Waals surface area contributed by atoms with Crippen molar-refractivity contribution >= 4 is 11.8 Å². The first-order valence-corrected chi connectivity index (χ1v) is 3.30. The Morgan fingerprint density at radius 3 is 2.64 bits per heavy atom. The van der Waals surface area contributed by atoms with Crippen molar-refractivity contribution in [3.63, 3.8) is 0 Å². The van der Waals surface area contributed by atoms with Crippen LogP contribution in [0.15, 0.2) is 0 Å². The van der Waals surface area contributed by atoms with Crippen LogP contribution in [-0.2, 0) is 9.59 Å². The lowest BCUT2D eigenvalue weighted by molar-refractivity contribution is -0.185. The van der Waals surface area contributed by atoms with Gasteiger partial charge in [-0.2, -0.15) is 0 Å². The van der Waals surface area contributed by atoms with Crippen molar-refractivity contribution in [2.24, 2.45) is 0 Å². The van der Waals surface area contributed by atoms with Gasteiger partial charge in [-0.25, -0.2) is 5.06 Å². The number of likely N-dealkylation sites (N-methyl/N-ethyl adjacent to an activating group) is 1. The van der Waals surface area contributed by atoms with Gasteiger partial charge < -0.3 is 4.90 Å². The molecule has 0 bridgehead atoms. The van der Waals surface area contributed by atoms with E-state index in [0.29, 0.717) is 5.06 Å². The minimum Gasteiger partial charge on any atom is -0.332 e. The smallest absolute Gasteiger partial charge is 0.268 e. The Bertz CT molecular complexity index is 204. The van der Waals surface area contributed by atoms with Gasteiger partial charge in [0.15, 0.2) is 0 Å². The second kappa shape index (κ2) is 2.50. The maximum atomic E-state index is 11.0. The lowest BCUT2D eigenvalue weighted by Gasteiger charge is -2.32. The molecule has 0 aliphatic carbocycles. The highest BCUT2D eigenvalue weighted by Gasteiger charge is 2.33. The molecule has 1 aliphatic rings. The fourth-order valence-electron chi connectivity index (χ4n) is 0.915. The zero-order valence-electron chi connectivity index (χ0n) is 6.44. The Morgan fingerprint density at radius 2 is 2.09 bits per heavy atom. The van der Waals surface area contributed by atoms with E-state index in [1.54, 1.807) is 6.92 Å². The maximum Gasteiger partial charge on any atom is 0.268 e. The molecule has 1 heterocycles. The van der Waals surface area contributed by atoms with Crippen molar-refractivity contribution in [3.8, 4) is 0 Å². The van der Waals surface area contributed by atoms with Crippen LogP contribution in [0.3, 0.4) is 0 Å². The molecule has 2 amide bonds.